The average molecular weight is 434 g/mol. The van der Waals surface area contributed by atoms with Gasteiger partial charge in [-0.25, -0.2) is 4.79 Å². The average Bonchev–Trinajstić information content (AvgIpc) is 3.10. The number of esters is 1. The number of rotatable bonds is 8. The summed E-state index contributed by atoms with van der Waals surface area (Å²) < 4.78 is 15.9. The second-order valence-corrected chi connectivity index (χ2v) is 9.35. The van der Waals surface area contributed by atoms with E-state index in [0.29, 0.717) is 22.1 Å². The predicted octanol–water partition coefficient (Wildman–Crippen LogP) is 5.73. The smallest absolute Gasteiger partial charge is 0.341 e. The molecule has 0 saturated carbocycles. The molecule has 0 aliphatic carbocycles. The zero-order valence-electron chi connectivity index (χ0n) is 18.8. The van der Waals surface area contributed by atoms with Gasteiger partial charge in [-0.15, -0.1) is 11.3 Å². The van der Waals surface area contributed by atoms with Gasteiger partial charge < -0.3 is 19.5 Å². The maximum absolute atomic E-state index is 13.1. The number of amides is 1. The molecule has 1 heterocycles. The van der Waals surface area contributed by atoms with Crippen LogP contribution < -0.4 is 14.8 Å². The van der Waals surface area contributed by atoms with Gasteiger partial charge in [0.15, 0.2) is 0 Å². The summed E-state index contributed by atoms with van der Waals surface area (Å²) in [6.07, 6.45) is 0.948. The van der Waals surface area contributed by atoms with Crippen molar-refractivity contribution in [2.45, 2.75) is 47.0 Å². The summed E-state index contributed by atoms with van der Waals surface area (Å²) in [6.45, 7) is 10.7. The lowest BCUT2D eigenvalue weighted by molar-refractivity contribution is 0.0528. The van der Waals surface area contributed by atoms with Gasteiger partial charge in [-0.2, -0.15) is 0 Å². The second-order valence-electron chi connectivity index (χ2n) is 8.27. The Labute approximate surface area is 182 Å². The molecule has 1 N–H and O–H groups in total. The molecule has 0 radical (unpaired) electrons. The maximum atomic E-state index is 13.1. The fraction of sp³-hybridized carbons (Fsp3) is 0.478. The molecule has 7 heteroatoms. The summed E-state index contributed by atoms with van der Waals surface area (Å²) in [4.78, 5) is 26.7. The van der Waals surface area contributed by atoms with Crippen LogP contribution in [0.2, 0.25) is 0 Å². The van der Waals surface area contributed by atoms with Crippen LogP contribution in [0.15, 0.2) is 24.3 Å². The van der Waals surface area contributed by atoms with E-state index in [1.54, 1.807) is 25.1 Å². The van der Waals surface area contributed by atoms with E-state index in [9.17, 15) is 9.59 Å². The molecule has 0 saturated heterocycles. The molecule has 2 rings (SSSR count). The first-order valence-electron chi connectivity index (χ1n) is 9.94. The van der Waals surface area contributed by atoms with Crippen LogP contribution in [0.25, 0.3) is 0 Å². The van der Waals surface area contributed by atoms with Crippen molar-refractivity contribution in [1.29, 1.82) is 0 Å². The Kier molecular flexibility index (Phi) is 7.89. The highest BCUT2D eigenvalue weighted by molar-refractivity contribution is 7.16. The molecule has 30 heavy (non-hydrogen) atoms. The van der Waals surface area contributed by atoms with E-state index in [1.165, 1.54) is 25.6 Å². The van der Waals surface area contributed by atoms with Gasteiger partial charge >= 0.3 is 5.97 Å². The fourth-order valence-electron chi connectivity index (χ4n) is 3.37. The van der Waals surface area contributed by atoms with Gasteiger partial charge in [0.2, 0.25) is 0 Å². The van der Waals surface area contributed by atoms with Crippen molar-refractivity contribution in [3.63, 3.8) is 0 Å². The Morgan fingerprint density at radius 3 is 2.23 bits per heavy atom. The number of methoxy groups -OCH3 is 2. The van der Waals surface area contributed by atoms with Gasteiger partial charge in [-0.3, -0.25) is 4.79 Å². The summed E-state index contributed by atoms with van der Waals surface area (Å²) in [7, 11) is 2.99. The summed E-state index contributed by atoms with van der Waals surface area (Å²) in [6, 6.07) is 6.95. The zero-order chi connectivity index (χ0) is 22.5. The highest BCUT2D eigenvalue weighted by atomic mass is 32.1. The lowest BCUT2D eigenvalue weighted by Gasteiger charge is -2.22. The minimum atomic E-state index is -0.453. The Morgan fingerprint density at radius 1 is 1.13 bits per heavy atom. The topological polar surface area (TPSA) is 73.9 Å². The number of hydrogen-bond acceptors (Lipinski definition) is 6. The molecule has 0 spiro atoms. The standard InChI is InChI=1S/C23H31NO5S/c1-8-29-22(26)15-12-18(14(2)13-23(3,4)5)30-21(15)24-20(25)19-16(27-6)10-9-11-17(19)28-7/h9-12,14H,8,13H2,1-7H3,(H,24,25)/t14-/m1/s1. The van der Waals surface area contributed by atoms with Crippen LogP contribution in [0.1, 0.15) is 72.6 Å². The molecule has 2 aromatic rings. The SMILES string of the molecule is CCOC(=O)c1cc([C@H](C)CC(C)(C)C)sc1NC(=O)c1c(OC)cccc1OC. The van der Waals surface area contributed by atoms with Gasteiger partial charge in [0.05, 0.1) is 26.4 Å². The quantitative estimate of drug-likeness (QED) is 0.538. The number of ether oxygens (including phenoxy) is 3. The number of nitrogens with one attached hydrogen (secondary N) is 1. The van der Waals surface area contributed by atoms with Crippen molar-refractivity contribution in [2.75, 3.05) is 26.1 Å². The van der Waals surface area contributed by atoms with Crippen molar-refractivity contribution in [1.82, 2.24) is 0 Å². The lowest BCUT2D eigenvalue weighted by atomic mass is 9.85. The molecule has 1 aromatic carbocycles. The summed E-state index contributed by atoms with van der Waals surface area (Å²) in [5.41, 5.74) is 0.775. The summed E-state index contributed by atoms with van der Waals surface area (Å²) in [5, 5.41) is 3.33. The number of thiophene rings is 1. The van der Waals surface area contributed by atoms with Crippen LogP contribution in [-0.2, 0) is 4.74 Å². The normalized spacial score (nSPS) is 12.2. The Hall–Kier alpha value is -2.54. The third-order valence-electron chi connectivity index (χ3n) is 4.53. The minimum Gasteiger partial charge on any atom is -0.496 e. The predicted molar refractivity (Wildman–Crippen MR) is 120 cm³/mol. The number of benzene rings is 1. The number of hydrogen-bond donors (Lipinski definition) is 1. The van der Waals surface area contributed by atoms with Crippen LogP contribution in [0.4, 0.5) is 5.00 Å². The Morgan fingerprint density at radius 2 is 1.73 bits per heavy atom. The molecule has 0 bridgehead atoms. The van der Waals surface area contributed by atoms with Crippen molar-refractivity contribution < 1.29 is 23.8 Å². The summed E-state index contributed by atoms with van der Waals surface area (Å²) in [5.74, 6) is 0.149. The van der Waals surface area contributed by atoms with Crippen molar-refractivity contribution in [3.05, 3.63) is 40.3 Å². The number of carbonyl (C=O) groups excluding carboxylic acids is 2. The van der Waals surface area contributed by atoms with Crippen LogP contribution in [0.3, 0.4) is 0 Å². The molecular formula is C23H31NO5S. The van der Waals surface area contributed by atoms with Gasteiger partial charge in [-0.05, 0) is 42.9 Å². The molecule has 164 valence electrons. The van der Waals surface area contributed by atoms with Crippen LogP contribution in [-0.4, -0.2) is 32.7 Å². The third-order valence-corrected chi connectivity index (χ3v) is 5.81. The molecule has 1 atom stereocenters. The first-order valence-corrected chi connectivity index (χ1v) is 10.8. The van der Waals surface area contributed by atoms with Crippen LogP contribution in [0, 0.1) is 5.41 Å². The zero-order valence-corrected chi connectivity index (χ0v) is 19.6. The van der Waals surface area contributed by atoms with Crippen LogP contribution in [0.5, 0.6) is 11.5 Å². The Bertz CT molecular complexity index is 875. The maximum Gasteiger partial charge on any atom is 0.341 e. The Balaban J connectivity index is 2.43. The van der Waals surface area contributed by atoms with Crippen molar-refractivity contribution in [3.8, 4) is 11.5 Å². The first kappa shape index (κ1) is 23.7. The highest BCUT2D eigenvalue weighted by Crippen LogP contribution is 2.39. The lowest BCUT2D eigenvalue weighted by Crippen LogP contribution is -2.16. The molecular weight excluding hydrogens is 402 g/mol. The molecule has 1 amide bonds. The van der Waals surface area contributed by atoms with Gasteiger partial charge in [-0.1, -0.05) is 33.8 Å². The first-order chi connectivity index (χ1) is 14.1. The second kappa shape index (κ2) is 9.98. The number of carbonyl (C=O) groups is 2. The monoisotopic (exact) mass is 433 g/mol. The van der Waals surface area contributed by atoms with E-state index in [4.69, 9.17) is 14.2 Å². The van der Waals surface area contributed by atoms with Crippen molar-refractivity contribution >= 4 is 28.2 Å². The fourth-order valence-corrected chi connectivity index (χ4v) is 4.46. The molecule has 0 aliphatic heterocycles. The molecule has 1 aromatic heterocycles. The van der Waals surface area contributed by atoms with Gasteiger partial charge in [0, 0.05) is 4.88 Å². The third kappa shape index (κ3) is 5.75. The minimum absolute atomic E-state index is 0.141. The van der Waals surface area contributed by atoms with E-state index in [-0.39, 0.29) is 23.5 Å². The van der Waals surface area contributed by atoms with Gasteiger partial charge in [0.1, 0.15) is 22.1 Å². The number of anilines is 1. The van der Waals surface area contributed by atoms with E-state index < -0.39 is 11.9 Å². The van der Waals surface area contributed by atoms with E-state index in [0.717, 1.165) is 11.3 Å². The largest absolute Gasteiger partial charge is 0.496 e. The molecule has 0 aliphatic rings. The van der Waals surface area contributed by atoms with Crippen LogP contribution >= 0.6 is 11.3 Å². The molecule has 6 nitrogen and oxygen atoms in total. The van der Waals surface area contributed by atoms with Gasteiger partial charge in [0.25, 0.3) is 5.91 Å². The summed E-state index contributed by atoms with van der Waals surface area (Å²) >= 11 is 1.40. The molecule has 0 unspecified atom stereocenters. The van der Waals surface area contributed by atoms with E-state index in [1.807, 2.05) is 6.07 Å². The van der Waals surface area contributed by atoms with E-state index >= 15 is 0 Å². The van der Waals surface area contributed by atoms with Crippen molar-refractivity contribution in [2.24, 2.45) is 5.41 Å². The highest BCUT2D eigenvalue weighted by Gasteiger charge is 2.26. The van der Waals surface area contributed by atoms with E-state index in [2.05, 4.69) is 33.0 Å². The molecule has 0 fully saturated rings.